The van der Waals surface area contributed by atoms with Gasteiger partial charge in [-0.2, -0.15) is 0 Å². The van der Waals surface area contributed by atoms with E-state index >= 15 is 0 Å². The summed E-state index contributed by atoms with van der Waals surface area (Å²) in [5.41, 5.74) is 3.97. The van der Waals surface area contributed by atoms with Crippen molar-refractivity contribution in [2.24, 2.45) is 0 Å². The van der Waals surface area contributed by atoms with E-state index in [0.29, 0.717) is 0 Å². The zero-order valence-corrected chi connectivity index (χ0v) is 12.9. The molecule has 0 spiro atoms. The van der Waals surface area contributed by atoms with Gasteiger partial charge < -0.3 is 5.32 Å². The summed E-state index contributed by atoms with van der Waals surface area (Å²) in [6, 6.07) is 9.11. The molecular weight excluding hydrogens is 266 g/mol. The Kier molecular flexibility index (Phi) is 4.13. The molecule has 3 nitrogen and oxygen atoms in total. The Bertz CT molecular complexity index is 575. The van der Waals surface area contributed by atoms with Gasteiger partial charge in [-0.1, -0.05) is 42.1 Å². The number of aryl methyl sites for hydroxylation is 1. The van der Waals surface area contributed by atoms with E-state index in [9.17, 15) is 0 Å². The van der Waals surface area contributed by atoms with Crippen LogP contribution in [0.4, 0.5) is 0 Å². The van der Waals surface area contributed by atoms with Crippen LogP contribution in [0.1, 0.15) is 59.8 Å². The quantitative estimate of drug-likeness (QED) is 0.908. The van der Waals surface area contributed by atoms with Crippen LogP contribution in [0.25, 0.3) is 0 Å². The Balaban J connectivity index is 2.01. The van der Waals surface area contributed by atoms with Crippen molar-refractivity contribution in [3.05, 3.63) is 46.0 Å². The van der Waals surface area contributed by atoms with Crippen LogP contribution in [0.5, 0.6) is 0 Å². The fourth-order valence-electron chi connectivity index (χ4n) is 2.92. The van der Waals surface area contributed by atoms with Crippen LogP contribution in [0.2, 0.25) is 0 Å². The highest BCUT2D eigenvalue weighted by molar-refractivity contribution is 7.05. The van der Waals surface area contributed by atoms with Crippen LogP contribution in [-0.4, -0.2) is 16.1 Å². The highest BCUT2D eigenvalue weighted by Gasteiger charge is 2.27. The maximum absolute atomic E-state index is 4.18. The van der Waals surface area contributed by atoms with E-state index < -0.39 is 0 Å². The molecule has 1 aliphatic carbocycles. The zero-order chi connectivity index (χ0) is 13.9. The Hall–Kier alpha value is -1.26. The topological polar surface area (TPSA) is 37.8 Å². The molecule has 106 valence electrons. The summed E-state index contributed by atoms with van der Waals surface area (Å²) < 4.78 is 4.11. The first-order valence-corrected chi connectivity index (χ1v) is 8.19. The van der Waals surface area contributed by atoms with Crippen molar-refractivity contribution >= 4 is 11.5 Å². The van der Waals surface area contributed by atoms with Crippen molar-refractivity contribution in [3.63, 3.8) is 0 Å². The average Bonchev–Trinajstić information content (AvgIpc) is 2.81. The maximum Gasteiger partial charge on any atom is 0.0776 e. The van der Waals surface area contributed by atoms with Crippen LogP contribution in [0.15, 0.2) is 24.3 Å². The Morgan fingerprint density at radius 1 is 1.35 bits per heavy atom. The molecule has 1 atom stereocenters. The van der Waals surface area contributed by atoms with Crippen molar-refractivity contribution in [3.8, 4) is 0 Å². The van der Waals surface area contributed by atoms with Crippen LogP contribution in [-0.2, 0) is 0 Å². The van der Waals surface area contributed by atoms with Crippen molar-refractivity contribution in [1.82, 2.24) is 14.9 Å². The molecule has 3 rings (SSSR count). The molecule has 1 aromatic heterocycles. The highest BCUT2D eigenvalue weighted by atomic mass is 32.1. The van der Waals surface area contributed by atoms with E-state index in [4.69, 9.17) is 0 Å². The first-order valence-electron chi connectivity index (χ1n) is 7.42. The molecule has 0 bridgehead atoms. The van der Waals surface area contributed by atoms with Gasteiger partial charge in [0.15, 0.2) is 0 Å². The summed E-state index contributed by atoms with van der Waals surface area (Å²) in [5, 5.41) is 7.80. The van der Waals surface area contributed by atoms with E-state index in [0.717, 1.165) is 18.2 Å². The largest absolute Gasteiger partial charge is 0.306 e. The molecule has 1 aromatic carbocycles. The van der Waals surface area contributed by atoms with Gasteiger partial charge in [0, 0.05) is 0 Å². The lowest BCUT2D eigenvalue weighted by Gasteiger charge is -2.30. The van der Waals surface area contributed by atoms with E-state index in [1.807, 2.05) is 0 Å². The van der Waals surface area contributed by atoms with Crippen molar-refractivity contribution in [2.45, 2.75) is 45.1 Å². The predicted molar refractivity (Wildman–Crippen MR) is 83.2 cm³/mol. The predicted octanol–water partition coefficient (Wildman–Crippen LogP) is 3.81. The van der Waals surface area contributed by atoms with Crippen molar-refractivity contribution in [1.29, 1.82) is 0 Å². The summed E-state index contributed by atoms with van der Waals surface area (Å²) in [4.78, 5) is 1.25. The van der Waals surface area contributed by atoms with Crippen LogP contribution >= 0.6 is 11.5 Å². The van der Waals surface area contributed by atoms with E-state index in [-0.39, 0.29) is 6.04 Å². The molecule has 4 heteroatoms. The second-order valence-electron chi connectivity index (χ2n) is 5.47. The minimum Gasteiger partial charge on any atom is -0.306 e. The third kappa shape index (κ3) is 2.50. The standard InChI is InChI=1S/C16H21N3S/c1-3-17-15(16-11(2)18-19-20-16)14-10-5-4-9-13(14)12-7-6-8-12/h4-5,9-10,12,15,17H,3,6-8H2,1-2H3. The van der Waals surface area contributed by atoms with Gasteiger partial charge in [-0.25, -0.2) is 0 Å². The zero-order valence-electron chi connectivity index (χ0n) is 12.1. The number of hydrogen-bond donors (Lipinski definition) is 1. The smallest absolute Gasteiger partial charge is 0.0776 e. The lowest BCUT2D eigenvalue weighted by atomic mass is 9.77. The number of aromatic nitrogens is 2. The number of rotatable bonds is 5. The number of nitrogens with one attached hydrogen (secondary N) is 1. The molecule has 0 aliphatic heterocycles. The average molecular weight is 287 g/mol. The first-order chi connectivity index (χ1) is 9.81. The number of hydrogen-bond acceptors (Lipinski definition) is 4. The highest BCUT2D eigenvalue weighted by Crippen LogP contribution is 2.41. The number of benzene rings is 1. The number of nitrogens with zero attached hydrogens (tertiary/aromatic N) is 2. The normalized spacial score (nSPS) is 16.9. The molecule has 0 amide bonds. The lowest BCUT2D eigenvalue weighted by Crippen LogP contribution is -2.24. The summed E-state index contributed by atoms with van der Waals surface area (Å²) in [5.74, 6) is 0.744. The molecule has 2 aromatic rings. The molecule has 1 aliphatic rings. The molecule has 0 saturated heterocycles. The second-order valence-corrected chi connectivity index (χ2v) is 6.26. The molecule has 1 saturated carbocycles. The van der Waals surface area contributed by atoms with Gasteiger partial charge in [0.05, 0.1) is 16.6 Å². The van der Waals surface area contributed by atoms with Gasteiger partial charge in [-0.3, -0.25) is 0 Å². The van der Waals surface area contributed by atoms with Crippen LogP contribution in [0.3, 0.4) is 0 Å². The van der Waals surface area contributed by atoms with E-state index in [2.05, 4.69) is 53.0 Å². The molecule has 0 radical (unpaired) electrons. The van der Waals surface area contributed by atoms with Gasteiger partial charge in [0.1, 0.15) is 0 Å². The third-order valence-corrected chi connectivity index (χ3v) is 5.10. The Labute approximate surface area is 124 Å². The van der Waals surface area contributed by atoms with Gasteiger partial charge in [-0.15, -0.1) is 5.10 Å². The maximum atomic E-state index is 4.18. The molecule has 1 fully saturated rings. The fourth-order valence-corrected chi connectivity index (χ4v) is 3.66. The summed E-state index contributed by atoms with van der Waals surface area (Å²) >= 11 is 1.51. The van der Waals surface area contributed by atoms with Gasteiger partial charge in [0.2, 0.25) is 0 Å². The van der Waals surface area contributed by atoms with E-state index in [1.54, 1.807) is 0 Å². The first kappa shape index (κ1) is 13.7. The fraction of sp³-hybridized carbons (Fsp3) is 0.500. The Morgan fingerprint density at radius 2 is 2.15 bits per heavy atom. The molecule has 1 N–H and O–H groups in total. The van der Waals surface area contributed by atoms with E-state index in [1.165, 1.54) is 46.8 Å². The van der Waals surface area contributed by atoms with Crippen LogP contribution < -0.4 is 5.32 Å². The molecule has 20 heavy (non-hydrogen) atoms. The monoisotopic (exact) mass is 287 g/mol. The summed E-state index contributed by atoms with van der Waals surface area (Å²) in [7, 11) is 0. The summed E-state index contributed by atoms with van der Waals surface area (Å²) in [6.45, 7) is 5.15. The van der Waals surface area contributed by atoms with Gasteiger partial charge in [0.25, 0.3) is 0 Å². The molecular formula is C16H21N3S. The molecule has 1 heterocycles. The second kappa shape index (κ2) is 6.02. The van der Waals surface area contributed by atoms with Gasteiger partial charge >= 0.3 is 0 Å². The van der Waals surface area contributed by atoms with Crippen molar-refractivity contribution < 1.29 is 0 Å². The SMILES string of the molecule is CCNC(c1ccccc1C1CCC1)c1snnc1C. The Morgan fingerprint density at radius 3 is 2.75 bits per heavy atom. The summed E-state index contributed by atoms with van der Waals surface area (Å²) in [6.07, 6.45) is 4.03. The third-order valence-electron chi connectivity index (χ3n) is 4.21. The van der Waals surface area contributed by atoms with Gasteiger partial charge in [-0.05, 0) is 54.9 Å². The lowest BCUT2D eigenvalue weighted by molar-refractivity contribution is 0.414. The molecule has 1 unspecified atom stereocenters. The minimum atomic E-state index is 0.233. The van der Waals surface area contributed by atoms with Crippen molar-refractivity contribution in [2.75, 3.05) is 6.54 Å². The van der Waals surface area contributed by atoms with Crippen LogP contribution in [0, 0.1) is 6.92 Å². The minimum absolute atomic E-state index is 0.233.